The number of ketones is 1. The Morgan fingerprint density at radius 1 is 1.28 bits per heavy atom. The summed E-state index contributed by atoms with van der Waals surface area (Å²) in [5.74, 6) is -0.831. The van der Waals surface area contributed by atoms with Crippen LogP contribution in [0.2, 0.25) is 10.0 Å². The van der Waals surface area contributed by atoms with Gasteiger partial charge in [0.05, 0.1) is 17.2 Å². The molecular weight excluding hydrogens is 279 g/mol. The molecule has 1 aromatic rings. The Kier molecular flexibility index (Phi) is 5.44. The molecule has 18 heavy (non-hydrogen) atoms. The fraction of sp³-hybridized carbons (Fsp3) is 0.333. The van der Waals surface area contributed by atoms with Crippen LogP contribution >= 0.6 is 23.2 Å². The molecule has 0 heterocycles. The van der Waals surface area contributed by atoms with Crippen LogP contribution in [0.1, 0.15) is 13.3 Å². The first-order valence-corrected chi connectivity index (χ1v) is 5.97. The van der Waals surface area contributed by atoms with Gasteiger partial charge in [-0.2, -0.15) is 0 Å². The van der Waals surface area contributed by atoms with Crippen LogP contribution in [0.15, 0.2) is 18.2 Å². The Balaban J connectivity index is 2.92. The molecule has 0 saturated heterocycles. The van der Waals surface area contributed by atoms with Crippen LogP contribution in [0, 0.1) is 0 Å². The lowest BCUT2D eigenvalue weighted by Gasteiger charge is -2.15. The summed E-state index contributed by atoms with van der Waals surface area (Å²) in [7, 11) is 1.19. The van der Waals surface area contributed by atoms with Crippen LogP contribution in [-0.2, 0) is 14.3 Å². The van der Waals surface area contributed by atoms with E-state index in [2.05, 4.69) is 4.74 Å². The zero-order chi connectivity index (χ0) is 13.7. The van der Waals surface area contributed by atoms with Gasteiger partial charge in [-0.1, -0.05) is 30.1 Å². The Bertz CT molecular complexity index is 443. The number of benzene rings is 1. The summed E-state index contributed by atoms with van der Waals surface area (Å²) >= 11 is 11.6. The van der Waals surface area contributed by atoms with Crippen LogP contribution in [-0.4, -0.2) is 25.0 Å². The quantitative estimate of drug-likeness (QED) is 0.618. The van der Waals surface area contributed by atoms with Crippen molar-refractivity contribution in [2.75, 3.05) is 7.11 Å². The zero-order valence-electron chi connectivity index (χ0n) is 9.91. The van der Waals surface area contributed by atoms with Crippen molar-refractivity contribution in [2.24, 2.45) is 0 Å². The Labute approximate surface area is 115 Å². The lowest BCUT2D eigenvalue weighted by molar-refractivity contribution is -0.153. The van der Waals surface area contributed by atoms with Crippen molar-refractivity contribution in [2.45, 2.75) is 19.4 Å². The molecule has 0 saturated carbocycles. The first-order valence-electron chi connectivity index (χ1n) is 5.21. The van der Waals surface area contributed by atoms with E-state index >= 15 is 0 Å². The summed E-state index contributed by atoms with van der Waals surface area (Å²) in [5, 5.41) is 0.641. The van der Waals surface area contributed by atoms with Gasteiger partial charge < -0.3 is 9.47 Å². The Hall–Kier alpha value is -1.26. The minimum absolute atomic E-state index is 0.168. The number of methoxy groups -OCH3 is 1. The number of hydrogen-bond acceptors (Lipinski definition) is 4. The van der Waals surface area contributed by atoms with Gasteiger partial charge in [-0.25, -0.2) is 4.79 Å². The highest BCUT2D eigenvalue weighted by Gasteiger charge is 2.28. The first-order chi connectivity index (χ1) is 8.49. The number of halogens is 2. The van der Waals surface area contributed by atoms with Gasteiger partial charge in [0.15, 0.2) is 5.78 Å². The second kappa shape index (κ2) is 6.61. The molecule has 1 aromatic carbocycles. The summed E-state index contributed by atoms with van der Waals surface area (Å²) in [6.07, 6.45) is -1.11. The van der Waals surface area contributed by atoms with E-state index in [1.54, 1.807) is 6.92 Å². The maximum atomic E-state index is 11.6. The summed E-state index contributed by atoms with van der Waals surface area (Å²) < 4.78 is 9.81. The van der Waals surface area contributed by atoms with Gasteiger partial charge in [-0.15, -0.1) is 0 Å². The number of Topliss-reactive ketones (excluding diaryl/α,β-unsaturated/α-hetero) is 1. The molecule has 0 amide bonds. The third-order valence-corrected chi connectivity index (χ3v) is 2.94. The molecule has 0 aliphatic rings. The van der Waals surface area contributed by atoms with Crippen LogP contribution in [0.25, 0.3) is 0 Å². The van der Waals surface area contributed by atoms with Crippen molar-refractivity contribution in [3.8, 4) is 5.75 Å². The summed E-state index contributed by atoms with van der Waals surface area (Å²) in [6.45, 7) is 1.64. The fourth-order valence-corrected chi connectivity index (χ4v) is 1.51. The molecule has 98 valence electrons. The number of esters is 1. The lowest BCUT2D eigenvalue weighted by atomic mass is 10.2. The molecule has 6 heteroatoms. The summed E-state index contributed by atoms with van der Waals surface area (Å²) in [4.78, 5) is 23.0. The van der Waals surface area contributed by atoms with E-state index in [4.69, 9.17) is 27.9 Å². The third-order valence-electron chi connectivity index (χ3n) is 2.20. The van der Waals surface area contributed by atoms with E-state index in [9.17, 15) is 9.59 Å². The van der Waals surface area contributed by atoms with Crippen molar-refractivity contribution in [3.63, 3.8) is 0 Å². The molecule has 0 spiro atoms. The second-order valence-corrected chi connectivity index (χ2v) is 4.23. The van der Waals surface area contributed by atoms with E-state index in [0.717, 1.165) is 0 Å². The maximum absolute atomic E-state index is 11.6. The van der Waals surface area contributed by atoms with Gasteiger partial charge in [0.2, 0.25) is 0 Å². The van der Waals surface area contributed by atoms with Gasteiger partial charge >= 0.3 is 5.97 Å². The van der Waals surface area contributed by atoms with Gasteiger partial charge in [-0.05, 0) is 12.1 Å². The minimum Gasteiger partial charge on any atom is -0.471 e. The smallest absolute Gasteiger partial charge is 0.354 e. The highest BCUT2D eigenvalue weighted by atomic mass is 35.5. The average Bonchev–Trinajstić information content (AvgIpc) is 2.38. The molecule has 0 aliphatic heterocycles. The summed E-state index contributed by atoms with van der Waals surface area (Å²) in [5.41, 5.74) is 0. The number of ether oxygens (including phenoxy) is 2. The van der Waals surface area contributed by atoms with Crippen molar-refractivity contribution < 1.29 is 19.1 Å². The number of carbonyl (C=O) groups excluding carboxylic acids is 2. The SMILES string of the molecule is CCC(=O)C(Oc1ccc(Cl)c(Cl)c1)C(=O)OC. The largest absolute Gasteiger partial charge is 0.471 e. The number of rotatable bonds is 5. The van der Waals surface area contributed by atoms with Crippen molar-refractivity contribution in [1.82, 2.24) is 0 Å². The fourth-order valence-electron chi connectivity index (χ4n) is 1.22. The van der Waals surface area contributed by atoms with Gasteiger partial charge in [-0.3, -0.25) is 4.79 Å². The second-order valence-electron chi connectivity index (χ2n) is 3.42. The van der Waals surface area contributed by atoms with Crippen LogP contribution in [0.5, 0.6) is 5.75 Å². The van der Waals surface area contributed by atoms with E-state index in [1.807, 2.05) is 0 Å². The highest BCUT2D eigenvalue weighted by Crippen LogP contribution is 2.27. The molecule has 0 radical (unpaired) electrons. The molecule has 0 aliphatic carbocycles. The van der Waals surface area contributed by atoms with Crippen molar-refractivity contribution in [1.29, 1.82) is 0 Å². The van der Waals surface area contributed by atoms with Crippen LogP contribution < -0.4 is 4.74 Å². The number of hydrogen-bond donors (Lipinski definition) is 0. The topological polar surface area (TPSA) is 52.6 Å². The normalized spacial score (nSPS) is 11.8. The van der Waals surface area contributed by atoms with E-state index in [1.165, 1.54) is 25.3 Å². The van der Waals surface area contributed by atoms with E-state index < -0.39 is 12.1 Å². The molecule has 0 fully saturated rings. The van der Waals surface area contributed by atoms with Crippen molar-refractivity contribution in [3.05, 3.63) is 28.2 Å². The van der Waals surface area contributed by atoms with Crippen LogP contribution in [0.3, 0.4) is 0 Å². The zero-order valence-corrected chi connectivity index (χ0v) is 11.4. The third kappa shape index (κ3) is 3.62. The van der Waals surface area contributed by atoms with Gasteiger partial charge in [0, 0.05) is 12.5 Å². The molecular formula is C12H12Cl2O4. The lowest BCUT2D eigenvalue weighted by Crippen LogP contribution is -2.36. The molecule has 4 nitrogen and oxygen atoms in total. The van der Waals surface area contributed by atoms with Crippen LogP contribution in [0.4, 0.5) is 0 Å². The maximum Gasteiger partial charge on any atom is 0.354 e. The average molecular weight is 291 g/mol. The molecule has 1 atom stereocenters. The molecule has 0 bridgehead atoms. The molecule has 0 N–H and O–H groups in total. The monoisotopic (exact) mass is 290 g/mol. The van der Waals surface area contributed by atoms with E-state index in [-0.39, 0.29) is 23.0 Å². The summed E-state index contributed by atoms with van der Waals surface area (Å²) in [6, 6.07) is 4.47. The first kappa shape index (κ1) is 14.8. The predicted octanol–water partition coefficient (Wildman–Crippen LogP) is 2.89. The molecule has 1 unspecified atom stereocenters. The minimum atomic E-state index is -1.28. The van der Waals surface area contributed by atoms with Gasteiger partial charge in [0.1, 0.15) is 5.75 Å². The molecule has 1 rings (SSSR count). The molecule has 0 aromatic heterocycles. The standard InChI is InChI=1S/C12H12Cl2O4/c1-3-10(15)11(12(16)17-2)18-7-4-5-8(13)9(14)6-7/h4-6,11H,3H2,1-2H3. The predicted molar refractivity (Wildman–Crippen MR) is 68.2 cm³/mol. The van der Waals surface area contributed by atoms with Crippen molar-refractivity contribution >= 4 is 35.0 Å². The Morgan fingerprint density at radius 3 is 2.44 bits per heavy atom. The van der Waals surface area contributed by atoms with Gasteiger partial charge in [0.25, 0.3) is 6.10 Å². The Morgan fingerprint density at radius 2 is 1.94 bits per heavy atom. The highest BCUT2D eigenvalue weighted by molar-refractivity contribution is 6.42. The number of carbonyl (C=O) groups is 2. The van der Waals surface area contributed by atoms with E-state index in [0.29, 0.717) is 5.02 Å².